The number of piperidine rings is 1. The van der Waals surface area contributed by atoms with E-state index in [0.717, 1.165) is 22.6 Å². The highest BCUT2D eigenvalue weighted by Crippen LogP contribution is 2.46. The number of aromatic carboxylic acids is 1. The van der Waals surface area contributed by atoms with Crippen molar-refractivity contribution in [2.75, 3.05) is 37.4 Å². The number of halogens is 1. The van der Waals surface area contributed by atoms with Crippen molar-refractivity contribution in [1.29, 1.82) is 0 Å². The van der Waals surface area contributed by atoms with E-state index in [9.17, 15) is 23.1 Å². The average Bonchev–Trinajstić information content (AvgIpc) is 3.14. The van der Waals surface area contributed by atoms with Gasteiger partial charge in [0.15, 0.2) is 17.2 Å². The lowest BCUT2D eigenvalue weighted by molar-refractivity contribution is -0.139. The summed E-state index contributed by atoms with van der Waals surface area (Å²) >= 11 is 4.36. The number of nitrogens with zero attached hydrogens (tertiary/aromatic N) is 1. The summed E-state index contributed by atoms with van der Waals surface area (Å²) in [6.45, 7) is 4.10. The van der Waals surface area contributed by atoms with E-state index in [1.54, 1.807) is 0 Å². The van der Waals surface area contributed by atoms with Gasteiger partial charge in [-0.2, -0.15) is 0 Å². The lowest BCUT2D eigenvalue weighted by atomic mass is 10.1. The van der Waals surface area contributed by atoms with Crippen molar-refractivity contribution in [3.05, 3.63) is 33.6 Å². The van der Waals surface area contributed by atoms with Crippen LogP contribution in [0, 0.1) is 0 Å². The van der Waals surface area contributed by atoms with E-state index in [2.05, 4.69) is 21.2 Å². The molecule has 0 bridgehead atoms. The number of carbonyl (C=O) groups is 2. The van der Waals surface area contributed by atoms with Crippen molar-refractivity contribution >= 4 is 54.9 Å². The summed E-state index contributed by atoms with van der Waals surface area (Å²) in [4.78, 5) is 23.1. The third-order valence-corrected chi connectivity index (χ3v) is 9.54. The molecule has 2 aromatic rings. The molecular formula is C23H29BrN2O8S2. The van der Waals surface area contributed by atoms with Crippen molar-refractivity contribution in [1.82, 2.24) is 4.31 Å². The van der Waals surface area contributed by atoms with Gasteiger partial charge >= 0.3 is 11.9 Å². The largest absolute Gasteiger partial charge is 0.479 e. The molecule has 3 N–H and O–H groups in total. The number of carboxylic acids is 2. The summed E-state index contributed by atoms with van der Waals surface area (Å²) < 4.78 is 37.6. The quantitative estimate of drug-likeness (QED) is 0.328. The first-order valence-electron chi connectivity index (χ1n) is 11.3. The van der Waals surface area contributed by atoms with Crippen LogP contribution in [0.1, 0.15) is 36.4 Å². The number of hydrogen-bond donors (Lipinski definition) is 3. The fraction of sp³-hybridized carbons (Fsp3) is 0.478. The monoisotopic (exact) mass is 604 g/mol. The highest BCUT2D eigenvalue weighted by molar-refractivity contribution is 9.10. The van der Waals surface area contributed by atoms with Gasteiger partial charge in [-0.3, -0.25) is 0 Å². The Balaban J connectivity index is 1.67. The molecule has 0 radical (unpaired) electrons. The van der Waals surface area contributed by atoms with E-state index in [4.69, 9.17) is 14.6 Å². The molecule has 1 aliphatic rings. The Kier molecular flexibility index (Phi) is 9.75. The highest BCUT2D eigenvalue weighted by atomic mass is 79.9. The van der Waals surface area contributed by atoms with Crippen LogP contribution in [0.2, 0.25) is 0 Å². The molecule has 1 aromatic heterocycles. The standard InChI is InChI=1S/C23H29BrN2O8S2/c1-14(2)33-10-11-36(31,32)26-8-6-16(7-9-26)25-17-5-3-4-15(12-17)21-19(24)20(34-13-18(27)28)22(35-21)23(29)30/h3-5,12,14,16,25H,6-11,13H2,1-2H3,(H,27,28)(H,29,30). The smallest absolute Gasteiger partial charge is 0.349 e. The maximum Gasteiger partial charge on any atom is 0.349 e. The number of nitrogens with one attached hydrogen (secondary N) is 1. The Morgan fingerprint density at radius 2 is 1.94 bits per heavy atom. The minimum atomic E-state index is -3.36. The molecule has 0 saturated carbocycles. The summed E-state index contributed by atoms with van der Waals surface area (Å²) in [6.07, 6.45) is 1.28. The molecule has 1 aliphatic heterocycles. The number of benzene rings is 1. The topological polar surface area (TPSA) is 142 Å². The molecule has 2 heterocycles. The molecule has 198 valence electrons. The van der Waals surface area contributed by atoms with Crippen LogP contribution in [0.3, 0.4) is 0 Å². The third kappa shape index (κ3) is 7.42. The molecule has 0 spiro atoms. The Hall–Kier alpha value is -2.19. The first-order valence-corrected chi connectivity index (χ1v) is 14.6. The molecule has 1 fully saturated rings. The van der Waals surface area contributed by atoms with Gasteiger partial charge in [-0.1, -0.05) is 12.1 Å². The van der Waals surface area contributed by atoms with E-state index < -0.39 is 28.6 Å². The molecular weight excluding hydrogens is 576 g/mol. The number of sulfonamides is 1. The first kappa shape index (κ1) is 28.4. The van der Waals surface area contributed by atoms with Crippen molar-refractivity contribution in [3.63, 3.8) is 0 Å². The van der Waals surface area contributed by atoms with Crippen LogP contribution in [0.15, 0.2) is 28.7 Å². The molecule has 1 saturated heterocycles. The van der Waals surface area contributed by atoms with Crippen LogP contribution in [0.25, 0.3) is 10.4 Å². The Bertz CT molecular complexity index is 1190. The van der Waals surface area contributed by atoms with Crippen molar-refractivity contribution < 1.29 is 37.7 Å². The van der Waals surface area contributed by atoms with Crippen molar-refractivity contribution in [3.8, 4) is 16.2 Å². The van der Waals surface area contributed by atoms with Gasteiger partial charge < -0.3 is 25.0 Å². The summed E-state index contributed by atoms with van der Waals surface area (Å²) in [6, 6.07) is 7.49. The van der Waals surface area contributed by atoms with Gasteiger partial charge in [-0.05, 0) is 60.3 Å². The zero-order chi connectivity index (χ0) is 26.5. The number of aliphatic carboxylic acids is 1. The van der Waals surface area contributed by atoms with Gasteiger partial charge in [0.1, 0.15) is 0 Å². The number of carboxylic acid groups (broad SMARTS) is 2. The zero-order valence-corrected chi connectivity index (χ0v) is 23.1. The molecule has 36 heavy (non-hydrogen) atoms. The molecule has 0 atom stereocenters. The lowest BCUT2D eigenvalue weighted by Crippen LogP contribution is -2.43. The van der Waals surface area contributed by atoms with Gasteiger partial charge in [0, 0.05) is 24.8 Å². The van der Waals surface area contributed by atoms with E-state index in [1.165, 1.54) is 4.31 Å². The molecule has 0 aliphatic carbocycles. The number of ether oxygens (including phenoxy) is 2. The molecule has 3 rings (SSSR count). The van der Waals surface area contributed by atoms with Crippen LogP contribution < -0.4 is 10.1 Å². The predicted molar refractivity (Wildman–Crippen MR) is 141 cm³/mol. The Labute approximate surface area is 222 Å². The minimum Gasteiger partial charge on any atom is -0.479 e. The second-order valence-corrected chi connectivity index (χ2v) is 12.4. The maximum atomic E-state index is 12.6. The molecule has 10 nitrogen and oxygen atoms in total. The molecule has 0 amide bonds. The highest BCUT2D eigenvalue weighted by Gasteiger charge is 2.28. The average molecular weight is 606 g/mol. The second kappa shape index (κ2) is 12.4. The van der Waals surface area contributed by atoms with E-state index in [1.807, 2.05) is 38.1 Å². The molecule has 13 heteroatoms. The summed E-state index contributed by atoms with van der Waals surface area (Å²) in [5, 5.41) is 21.9. The normalized spacial score (nSPS) is 15.2. The maximum absolute atomic E-state index is 12.6. The Morgan fingerprint density at radius 3 is 2.56 bits per heavy atom. The Morgan fingerprint density at radius 1 is 1.25 bits per heavy atom. The van der Waals surface area contributed by atoms with Crippen molar-refractivity contribution in [2.24, 2.45) is 0 Å². The fourth-order valence-electron chi connectivity index (χ4n) is 3.77. The summed E-state index contributed by atoms with van der Waals surface area (Å²) in [7, 11) is -3.36. The number of rotatable bonds is 12. The van der Waals surface area contributed by atoms with Crippen LogP contribution in [0.4, 0.5) is 5.69 Å². The minimum absolute atomic E-state index is 0.0136. The number of anilines is 1. The summed E-state index contributed by atoms with van der Waals surface area (Å²) in [5.74, 6) is -2.47. The van der Waals surface area contributed by atoms with E-state index in [-0.39, 0.29) is 35.1 Å². The second-order valence-electron chi connectivity index (χ2n) is 8.53. The van der Waals surface area contributed by atoms with Crippen molar-refractivity contribution in [2.45, 2.75) is 38.8 Å². The predicted octanol–water partition coefficient (Wildman–Crippen LogP) is 3.97. The van der Waals surface area contributed by atoms with Crippen LogP contribution >= 0.6 is 27.3 Å². The van der Waals surface area contributed by atoms with E-state index in [0.29, 0.717) is 35.3 Å². The number of thiophene rings is 1. The first-order chi connectivity index (χ1) is 17.0. The third-order valence-electron chi connectivity index (χ3n) is 5.48. The van der Waals surface area contributed by atoms with Gasteiger partial charge in [-0.25, -0.2) is 22.3 Å². The zero-order valence-electron chi connectivity index (χ0n) is 19.9. The molecule has 1 aromatic carbocycles. The SMILES string of the molecule is CC(C)OCCS(=O)(=O)N1CCC(Nc2cccc(-c3sc(C(=O)O)c(OCC(=O)O)c3Br)c2)CC1. The lowest BCUT2D eigenvalue weighted by Gasteiger charge is -2.32. The fourth-order valence-corrected chi connectivity index (χ4v) is 6.99. The van der Waals surface area contributed by atoms with E-state index >= 15 is 0 Å². The van der Waals surface area contributed by atoms with Gasteiger partial charge in [-0.15, -0.1) is 11.3 Å². The molecule has 0 unspecified atom stereocenters. The summed E-state index contributed by atoms with van der Waals surface area (Å²) in [5.41, 5.74) is 1.54. The van der Waals surface area contributed by atoms with Crippen LogP contribution in [-0.4, -0.2) is 79.1 Å². The van der Waals surface area contributed by atoms with Gasteiger partial charge in [0.2, 0.25) is 10.0 Å². The van der Waals surface area contributed by atoms with Crippen LogP contribution in [0.5, 0.6) is 5.75 Å². The number of hydrogen-bond acceptors (Lipinski definition) is 8. The van der Waals surface area contributed by atoms with Gasteiger partial charge in [0.05, 0.1) is 27.8 Å². The van der Waals surface area contributed by atoms with Gasteiger partial charge in [0.25, 0.3) is 0 Å². The van der Waals surface area contributed by atoms with Crippen LogP contribution in [-0.2, 0) is 19.6 Å².